The van der Waals surface area contributed by atoms with Crippen LogP contribution in [0.3, 0.4) is 0 Å². The monoisotopic (exact) mass is 672 g/mol. The van der Waals surface area contributed by atoms with Crippen LogP contribution in [-0.4, -0.2) is 84.1 Å². The molecule has 3 aromatic rings. The van der Waals surface area contributed by atoms with Gasteiger partial charge in [0.25, 0.3) is 0 Å². The molecule has 4 heterocycles. The van der Waals surface area contributed by atoms with E-state index in [0.717, 1.165) is 45.1 Å². The molecule has 0 aliphatic carbocycles. The van der Waals surface area contributed by atoms with E-state index < -0.39 is 0 Å². The van der Waals surface area contributed by atoms with E-state index in [0.29, 0.717) is 55.0 Å². The molecular formula is C35H37ClN6O4S. The number of carbonyl (C=O) groups is 3. The quantitative estimate of drug-likeness (QED) is 0.159. The summed E-state index contributed by atoms with van der Waals surface area (Å²) in [6, 6.07) is 12.9. The van der Waals surface area contributed by atoms with Gasteiger partial charge in [0.2, 0.25) is 11.8 Å². The summed E-state index contributed by atoms with van der Waals surface area (Å²) < 4.78 is 5.42. The van der Waals surface area contributed by atoms with Gasteiger partial charge in [-0.3, -0.25) is 35.1 Å². The maximum absolute atomic E-state index is 12.2. The van der Waals surface area contributed by atoms with Gasteiger partial charge >= 0.3 is 0 Å². The Hall–Kier alpha value is -4.61. The van der Waals surface area contributed by atoms with Gasteiger partial charge in [-0.2, -0.15) is 0 Å². The number of allylic oxidation sites excluding steroid dienone is 1. The molecule has 0 saturated carbocycles. The normalized spacial score (nSPS) is 15.6. The Morgan fingerprint density at radius 3 is 2.32 bits per heavy atom. The molecule has 3 aliphatic heterocycles. The second-order valence-electron chi connectivity index (χ2n) is 11.5. The molecular weight excluding hydrogens is 636 g/mol. The van der Waals surface area contributed by atoms with Crippen molar-refractivity contribution in [2.24, 2.45) is 4.99 Å². The lowest BCUT2D eigenvalue weighted by atomic mass is 10.00. The van der Waals surface area contributed by atoms with Crippen LogP contribution in [0.1, 0.15) is 51.3 Å². The number of thiophene rings is 1. The molecule has 0 atom stereocenters. The fourth-order valence-corrected chi connectivity index (χ4v) is 6.96. The van der Waals surface area contributed by atoms with Crippen LogP contribution in [0.4, 0.5) is 5.00 Å². The Bertz CT molecular complexity index is 1800. The number of carbonyl (C=O) groups excluding carboxylic acids is 3. The van der Waals surface area contributed by atoms with E-state index in [1.54, 1.807) is 45.1 Å². The van der Waals surface area contributed by atoms with Gasteiger partial charge in [0.15, 0.2) is 5.78 Å². The number of halogens is 1. The van der Waals surface area contributed by atoms with E-state index >= 15 is 0 Å². The van der Waals surface area contributed by atoms with Crippen LogP contribution < -0.4 is 9.64 Å². The number of anilines is 1. The van der Waals surface area contributed by atoms with Crippen molar-refractivity contribution in [1.82, 2.24) is 9.80 Å². The fourth-order valence-electron chi connectivity index (χ4n) is 5.60. The summed E-state index contributed by atoms with van der Waals surface area (Å²) in [5.41, 5.74) is 5.61. The first-order chi connectivity index (χ1) is 22.4. The fraction of sp³-hybridized carbons (Fsp3) is 0.314. The molecule has 0 bridgehead atoms. The number of nitrogens with one attached hydrogen (secondary N) is 2. The lowest BCUT2D eigenvalue weighted by molar-refractivity contribution is -0.135. The van der Waals surface area contributed by atoms with E-state index in [9.17, 15) is 14.4 Å². The molecule has 0 unspecified atom stereocenters. The van der Waals surface area contributed by atoms with Crippen LogP contribution in [0.2, 0.25) is 5.02 Å². The molecule has 244 valence electrons. The van der Waals surface area contributed by atoms with Crippen molar-refractivity contribution in [3.63, 3.8) is 0 Å². The maximum atomic E-state index is 12.2. The van der Waals surface area contributed by atoms with Crippen LogP contribution in [0.5, 0.6) is 5.75 Å². The number of ketones is 1. The highest BCUT2D eigenvalue weighted by Crippen LogP contribution is 2.39. The van der Waals surface area contributed by atoms with Crippen molar-refractivity contribution in [1.29, 1.82) is 10.8 Å². The molecule has 1 fully saturated rings. The lowest BCUT2D eigenvalue weighted by Gasteiger charge is -2.33. The van der Waals surface area contributed by atoms with Crippen molar-refractivity contribution < 1.29 is 19.1 Å². The first-order valence-corrected chi connectivity index (χ1v) is 16.5. The third kappa shape index (κ3) is 7.52. The molecule has 6 rings (SSSR count). The summed E-state index contributed by atoms with van der Waals surface area (Å²) in [4.78, 5) is 46.6. The SMILES string of the molecule is CC(=N)N1C(=N)CN=C(c2ccc(Cl)cc2)c2c1sc(C)c2C.CC(=O)N1CCN(C(=O)/C=C/C(=O)c2ccc3c(c2)CCO3)CC1. The Morgan fingerprint density at radius 2 is 1.66 bits per heavy atom. The third-order valence-electron chi connectivity index (χ3n) is 8.30. The number of hydrogen-bond acceptors (Lipinski definition) is 8. The highest BCUT2D eigenvalue weighted by atomic mass is 35.5. The van der Waals surface area contributed by atoms with Gasteiger partial charge in [0.1, 0.15) is 22.4 Å². The number of nitrogens with zero attached hydrogens (tertiary/aromatic N) is 4. The number of aliphatic imine (C=N–C) groups is 1. The molecule has 2 amide bonds. The molecule has 1 saturated heterocycles. The van der Waals surface area contributed by atoms with Gasteiger partial charge < -0.3 is 14.5 Å². The molecule has 2 N–H and O–H groups in total. The van der Waals surface area contributed by atoms with Crippen molar-refractivity contribution >= 4 is 62.9 Å². The summed E-state index contributed by atoms with van der Waals surface area (Å²) in [5, 5.41) is 17.9. The van der Waals surface area contributed by atoms with Crippen molar-refractivity contribution in [3.05, 3.63) is 92.3 Å². The van der Waals surface area contributed by atoms with E-state index in [1.807, 2.05) is 30.3 Å². The molecule has 12 heteroatoms. The van der Waals surface area contributed by atoms with Crippen LogP contribution in [0, 0.1) is 24.7 Å². The van der Waals surface area contributed by atoms with E-state index in [4.69, 9.17) is 27.2 Å². The van der Waals surface area contributed by atoms with Gasteiger partial charge in [-0.1, -0.05) is 23.7 Å². The second-order valence-corrected chi connectivity index (χ2v) is 13.1. The van der Waals surface area contributed by atoms with E-state index in [2.05, 4.69) is 18.8 Å². The Labute approximate surface area is 283 Å². The van der Waals surface area contributed by atoms with Gasteiger partial charge in [-0.15, -0.1) is 11.3 Å². The zero-order valence-corrected chi connectivity index (χ0v) is 28.4. The minimum absolute atomic E-state index is 0.0217. The average Bonchev–Trinajstić information content (AvgIpc) is 3.60. The minimum atomic E-state index is -0.198. The molecule has 10 nitrogen and oxygen atoms in total. The summed E-state index contributed by atoms with van der Waals surface area (Å²) in [6.45, 7) is 10.3. The van der Waals surface area contributed by atoms with Crippen LogP contribution in [0.25, 0.3) is 0 Å². The molecule has 1 aromatic heterocycles. The standard InChI is InChI=1S/C18H20N2O4.C17H17ClN4S/c1-13(21)19-7-9-20(10-8-19)18(23)5-3-16(22)14-2-4-17-15(12-14)6-11-24-17;1-9-10(2)23-17-15(9)16(12-4-6-13(18)7-5-12)21-8-14(20)22(17)11(3)19/h2-5,12H,6-11H2,1H3;4-7,19-20H,8H2,1-3H3/b5-3+;. The molecule has 0 radical (unpaired) electrons. The molecule has 3 aliphatic rings. The Kier molecular flexibility index (Phi) is 10.4. The number of benzene rings is 2. The first kappa shape index (κ1) is 33.7. The minimum Gasteiger partial charge on any atom is -0.493 e. The molecule has 0 spiro atoms. The van der Waals surface area contributed by atoms with Crippen LogP contribution in [-0.2, 0) is 16.0 Å². The number of piperazine rings is 1. The predicted molar refractivity (Wildman–Crippen MR) is 187 cm³/mol. The maximum Gasteiger partial charge on any atom is 0.246 e. The van der Waals surface area contributed by atoms with E-state index in [1.165, 1.54) is 24.0 Å². The number of fused-ring (bicyclic) bond motifs is 2. The van der Waals surface area contributed by atoms with Crippen LogP contribution >= 0.6 is 22.9 Å². The zero-order chi connectivity index (χ0) is 33.8. The van der Waals surface area contributed by atoms with Gasteiger partial charge in [-0.05, 0) is 68.3 Å². The average molecular weight is 673 g/mol. The number of hydrogen-bond donors (Lipinski definition) is 2. The zero-order valence-electron chi connectivity index (χ0n) is 26.9. The number of aryl methyl sites for hydroxylation is 1. The molecule has 2 aromatic carbocycles. The summed E-state index contributed by atoms with van der Waals surface area (Å²) >= 11 is 7.61. The largest absolute Gasteiger partial charge is 0.493 e. The Morgan fingerprint density at radius 1 is 0.979 bits per heavy atom. The van der Waals surface area contributed by atoms with E-state index in [-0.39, 0.29) is 24.1 Å². The topological polar surface area (TPSA) is 130 Å². The number of ether oxygens (including phenoxy) is 1. The summed E-state index contributed by atoms with van der Waals surface area (Å²) in [7, 11) is 0. The highest BCUT2D eigenvalue weighted by molar-refractivity contribution is 7.17. The van der Waals surface area contributed by atoms with Gasteiger partial charge in [-0.25, -0.2) is 0 Å². The number of rotatable bonds is 4. The Balaban J connectivity index is 0.000000185. The predicted octanol–water partition coefficient (Wildman–Crippen LogP) is 5.70. The highest BCUT2D eigenvalue weighted by Gasteiger charge is 2.29. The smallest absolute Gasteiger partial charge is 0.246 e. The van der Waals surface area contributed by atoms with Crippen molar-refractivity contribution in [2.45, 2.75) is 34.1 Å². The first-order valence-electron chi connectivity index (χ1n) is 15.3. The van der Waals surface area contributed by atoms with Crippen molar-refractivity contribution in [2.75, 3.05) is 44.2 Å². The lowest BCUT2D eigenvalue weighted by Crippen LogP contribution is -2.49. The van der Waals surface area contributed by atoms with Crippen molar-refractivity contribution in [3.8, 4) is 5.75 Å². The number of amides is 2. The summed E-state index contributed by atoms with van der Waals surface area (Å²) in [6.07, 6.45) is 3.44. The second kappa shape index (κ2) is 14.4. The van der Waals surface area contributed by atoms with Gasteiger partial charge in [0.05, 0.1) is 18.9 Å². The number of amidine groups is 2. The molecule has 47 heavy (non-hydrogen) atoms. The van der Waals surface area contributed by atoms with Gasteiger partial charge in [0, 0.05) is 72.2 Å². The van der Waals surface area contributed by atoms with Crippen LogP contribution in [0.15, 0.2) is 59.6 Å². The summed E-state index contributed by atoms with van der Waals surface area (Å²) in [5.74, 6) is 1.12. The third-order valence-corrected chi connectivity index (χ3v) is 9.75.